The maximum Gasteiger partial charge on any atom is 0.100 e. The van der Waals surface area contributed by atoms with Crippen LogP contribution in [0, 0.1) is 0 Å². The number of rotatable bonds is 4. The lowest BCUT2D eigenvalue weighted by Crippen LogP contribution is -2.23. The minimum atomic E-state index is -0.176. The van der Waals surface area contributed by atoms with Gasteiger partial charge in [-0.2, -0.15) is 0 Å². The summed E-state index contributed by atoms with van der Waals surface area (Å²) in [6.07, 6.45) is 3.44. The van der Waals surface area contributed by atoms with Gasteiger partial charge in [0.05, 0.1) is 0 Å². The molecule has 1 rings (SSSR count). The molecule has 1 aromatic carbocycles. The van der Waals surface area contributed by atoms with Gasteiger partial charge in [-0.3, -0.25) is 0 Å². The van der Waals surface area contributed by atoms with Crippen LogP contribution in [-0.2, 0) is 5.41 Å². The number of nitrogens with one attached hydrogen (secondary N) is 1. The molecule has 1 atom stereocenters. The summed E-state index contributed by atoms with van der Waals surface area (Å²) in [6.45, 7) is 8.39. The first-order valence-electron chi connectivity index (χ1n) is 6.76. The van der Waals surface area contributed by atoms with E-state index in [-0.39, 0.29) is 11.5 Å². The zero-order valence-electron chi connectivity index (χ0n) is 12.8. The summed E-state index contributed by atoms with van der Waals surface area (Å²) in [4.78, 5) is 0. The van der Waals surface area contributed by atoms with Gasteiger partial charge >= 0.3 is 0 Å². The van der Waals surface area contributed by atoms with Crippen molar-refractivity contribution in [2.75, 3.05) is 5.32 Å². The van der Waals surface area contributed by atoms with Crippen molar-refractivity contribution in [1.82, 2.24) is 0 Å². The largest absolute Gasteiger partial charge is 0.401 e. The third-order valence-corrected chi connectivity index (χ3v) is 3.02. The zero-order chi connectivity index (χ0) is 15.3. The van der Waals surface area contributed by atoms with Crippen LogP contribution in [-0.4, -0.2) is 6.04 Å². The Labute approximate surface area is 121 Å². The highest BCUT2D eigenvalue weighted by Gasteiger charge is 2.12. The summed E-state index contributed by atoms with van der Waals surface area (Å²) < 4.78 is 0. The van der Waals surface area contributed by atoms with Crippen molar-refractivity contribution in [2.24, 2.45) is 17.2 Å². The van der Waals surface area contributed by atoms with E-state index in [1.54, 1.807) is 12.2 Å². The average Bonchev–Trinajstić information content (AvgIpc) is 2.35. The Morgan fingerprint density at radius 3 is 2.10 bits per heavy atom. The second-order valence-corrected chi connectivity index (χ2v) is 6.03. The Balaban J connectivity index is 2.74. The van der Waals surface area contributed by atoms with Crippen molar-refractivity contribution in [1.29, 1.82) is 0 Å². The van der Waals surface area contributed by atoms with E-state index in [1.807, 2.05) is 19.1 Å². The molecule has 0 saturated carbocycles. The lowest BCUT2D eigenvalue weighted by molar-refractivity contribution is 0.590. The summed E-state index contributed by atoms with van der Waals surface area (Å²) in [5.41, 5.74) is 20.2. The minimum absolute atomic E-state index is 0.147. The van der Waals surface area contributed by atoms with Gasteiger partial charge in [0.25, 0.3) is 0 Å². The number of nitrogens with two attached hydrogens (primary N) is 3. The molecule has 20 heavy (non-hydrogen) atoms. The lowest BCUT2D eigenvalue weighted by Gasteiger charge is -2.19. The molecular formula is C16H26N4. The van der Waals surface area contributed by atoms with Crippen LogP contribution in [0.5, 0.6) is 0 Å². The second-order valence-electron chi connectivity index (χ2n) is 6.03. The van der Waals surface area contributed by atoms with Crippen LogP contribution in [0.2, 0.25) is 0 Å². The predicted molar refractivity (Wildman–Crippen MR) is 87.0 cm³/mol. The molecule has 0 aliphatic heterocycles. The number of hydrogen-bond donors (Lipinski definition) is 4. The van der Waals surface area contributed by atoms with Gasteiger partial charge in [0, 0.05) is 17.4 Å². The second kappa shape index (κ2) is 6.48. The molecule has 0 amide bonds. The van der Waals surface area contributed by atoms with Gasteiger partial charge in [0.15, 0.2) is 0 Å². The fourth-order valence-electron chi connectivity index (χ4n) is 1.60. The molecule has 110 valence electrons. The zero-order valence-corrected chi connectivity index (χ0v) is 12.8. The van der Waals surface area contributed by atoms with E-state index < -0.39 is 0 Å². The van der Waals surface area contributed by atoms with Gasteiger partial charge < -0.3 is 22.5 Å². The van der Waals surface area contributed by atoms with Gasteiger partial charge in [-0.15, -0.1) is 0 Å². The third-order valence-electron chi connectivity index (χ3n) is 3.02. The van der Waals surface area contributed by atoms with Crippen LogP contribution in [0.3, 0.4) is 0 Å². The molecule has 1 aromatic rings. The molecule has 4 nitrogen and oxygen atoms in total. The molecular weight excluding hydrogens is 248 g/mol. The highest BCUT2D eigenvalue weighted by molar-refractivity contribution is 5.50. The normalized spacial score (nSPS) is 15.1. The van der Waals surface area contributed by atoms with Crippen LogP contribution in [0.4, 0.5) is 5.69 Å². The van der Waals surface area contributed by atoms with Gasteiger partial charge in [-0.05, 0) is 42.2 Å². The van der Waals surface area contributed by atoms with Crippen LogP contribution in [0.1, 0.15) is 33.3 Å². The Hall–Kier alpha value is -1.94. The molecule has 1 unspecified atom stereocenters. The van der Waals surface area contributed by atoms with Crippen LogP contribution < -0.4 is 22.5 Å². The summed E-state index contributed by atoms with van der Waals surface area (Å²) in [6, 6.07) is 8.05. The Kier molecular flexibility index (Phi) is 5.22. The maximum absolute atomic E-state index is 5.89. The molecule has 0 radical (unpaired) electrons. The molecule has 0 bridgehead atoms. The minimum Gasteiger partial charge on any atom is -0.401 e. The van der Waals surface area contributed by atoms with E-state index in [4.69, 9.17) is 17.2 Å². The first kappa shape index (κ1) is 16.1. The predicted octanol–water partition coefficient (Wildman–Crippen LogP) is 2.39. The summed E-state index contributed by atoms with van der Waals surface area (Å²) in [5.74, 6) is 0.525. The lowest BCUT2D eigenvalue weighted by atomic mass is 9.87. The van der Waals surface area contributed by atoms with Crippen molar-refractivity contribution < 1.29 is 0 Å². The van der Waals surface area contributed by atoms with E-state index >= 15 is 0 Å². The van der Waals surface area contributed by atoms with Gasteiger partial charge in [-0.25, -0.2) is 0 Å². The summed E-state index contributed by atoms with van der Waals surface area (Å²) >= 11 is 0. The van der Waals surface area contributed by atoms with Crippen LogP contribution in [0.15, 0.2) is 47.9 Å². The maximum atomic E-state index is 5.89. The molecule has 7 N–H and O–H groups in total. The molecule has 0 aliphatic carbocycles. The monoisotopic (exact) mass is 274 g/mol. The highest BCUT2D eigenvalue weighted by atomic mass is 15.0. The molecule has 0 aliphatic rings. The van der Waals surface area contributed by atoms with E-state index in [1.165, 1.54) is 5.56 Å². The Bertz CT molecular complexity index is 490. The van der Waals surface area contributed by atoms with Crippen molar-refractivity contribution in [3.05, 3.63) is 53.5 Å². The highest BCUT2D eigenvalue weighted by Crippen LogP contribution is 2.23. The van der Waals surface area contributed by atoms with Crippen molar-refractivity contribution in [3.8, 4) is 0 Å². The van der Waals surface area contributed by atoms with E-state index in [9.17, 15) is 0 Å². The van der Waals surface area contributed by atoms with E-state index in [0.717, 1.165) is 5.69 Å². The van der Waals surface area contributed by atoms with E-state index in [0.29, 0.717) is 11.5 Å². The van der Waals surface area contributed by atoms with Crippen LogP contribution >= 0.6 is 0 Å². The first-order valence-corrected chi connectivity index (χ1v) is 6.76. The third kappa shape index (κ3) is 4.97. The Morgan fingerprint density at radius 1 is 1.10 bits per heavy atom. The number of benzene rings is 1. The van der Waals surface area contributed by atoms with Crippen LogP contribution in [0.25, 0.3) is 0 Å². The van der Waals surface area contributed by atoms with E-state index in [2.05, 4.69) is 38.2 Å². The molecule has 0 fully saturated rings. The Morgan fingerprint density at radius 2 is 1.65 bits per heavy atom. The molecule has 4 heteroatoms. The fourth-order valence-corrected chi connectivity index (χ4v) is 1.60. The van der Waals surface area contributed by atoms with Crippen molar-refractivity contribution >= 4 is 5.69 Å². The van der Waals surface area contributed by atoms with Gasteiger partial charge in [0.1, 0.15) is 5.82 Å². The molecule has 0 saturated heterocycles. The van der Waals surface area contributed by atoms with Crippen molar-refractivity contribution in [3.63, 3.8) is 0 Å². The number of hydrogen-bond acceptors (Lipinski definition) is 4. The van der Waals surface area contributed by atoms with Gasteiger partial charge in [-0.1, -0.05) is 32.9 Å². The summed E-state index contributed by atoms with van der Waals surface area (Å²) in [5, 5.41) is 3.11. The first-order chi connectivity index (χ1) is 9.20. The number of allylic oxidation sites excluding steroid dienone is 2. The molecule has 0 heterocycles. The fraction of sp³-hybridized carbons (Fsp3) is 0.375. The average molecular weight is 274 g/mol. The topological polar surface area (TPSA) is 90.1 Å². The quantitative estimate of drug-likeness (QED) is 0.635. The van der Waals surface area contributed by atoms with Crippen molar-refractivity contribution in [2.45, 2.75) is 39.2 Å². The smallest absolute Gasteiger partial charge is 0.100 e. The standard InChI is InChI=1S/C16H26N4/c1-11(17)14(18)9-10-15(19)20-13-7-5-12(6-8-13)16(2,3)4/h5-11,20H,17-19H2,1-4H3/b14-9-,15-10+. The molecule has 0 spiro atoms. The number of anilines is 1. The molecule has 0 aromatic heterocycles. The van der Waals surface area contributed by atoms with Gasteiger partial charge in [0.2, 0.25) is 0 Å². The SMILES string of the molecule is CC(N)/C(N)=C/C=C(\N)Nc1ccc(C(C)(C)C)cc1. The summed E-state index contributed by atoms with van der Waals surface area (Å²) in [7, 11) is 0.